The number of benzene rings is 1. The number of carbonyl (C=O) groups excluding carboxylic acids is 1. The number of hydrogen-bond acceptors (Lipinski definition) is 2. The van der Waals surface area contributed by atoms with E-state index in [1.54, 1.807) is 18.1 Å². The van der Waals surface area contributed by atoms with Crippen LogP contribution >= 0.6 is 0 Å². The van der Waals surface area contributed by atoms with Gasteiger partial charge in [0.1, 0.15) is 5.82 Å². The fourth-order valence-electron chi connectivity index (χ4n) is 1.95. The first-order valence-corrected chi connectivity index (χ1v) is 6.35. The highest BCUT2D eigenvalue weighted by atomic mass is 16.2. The number of hydrogen-bond donors (Lipinski definition) is 0. The Morgan fingerprint density at radius 3 is 2.42 bits per heavy atom. The lowest BCUT2D eigenvalue weighted by atomic mass is 9.99. The monoisotopic (exact) mass is 254 g/mol. The molecule has 98 valence electrons. The molecule has 0 aliphatic rings. The number of aryl methyl sites for hydroxylation is 1. The fourth-order valence-corrected chi connectivity index (χ4v) is 1.95. The van der Waals surface area contributed by atoms with Gasteiger partial charge in [-0.25, -0.2) is 4.98 Å². The molecule has 0 N–H and O–H groups in total. The summed E-state index contributed by atoms with van der Waals surface area (Å²) in [5, 5.41) is 0. The van der Waals surface area contributed by atoms with Crippen LogP contribution in [0.4, 0.5) is 5.82 Å². The minimum absolute atomic E-state index is 0.0440. The Balaban J connectivity index is 2.17. The highest BCUT2D eigenvalue weighted by molar-refractivity contribution is 5.96. The molecule has 0 spiro atoms. The molecular weight excluding hydrogens is 236 g/mol. The van der Waals surface area contributed by atoms with E-state index in [1.807, 2.05) is 56.3 Å². The first-order valence-electron chi connectivity index (χ1n) is 6.35. The van der Waals surface area contributed by atoms with Crippen LogP contribution in [0.2, 0.25) is 0 Å². The molecule has 0 aliphatic carbocycles. The standard InChI is InChI=1S/C16H18N2O/c1-12-7-9-14(10-8-12)13(2)16(19)18(3)15-6-4-5-11-17-15/h4-11,13H,1-3H3. The summed E-state index contributed by atoms with van der Waals surface area (Å²) >= 11 is 0. The van der Waals surface area contributed by atoms with Gasteiger partial charge < -0.3 is 0 Å². The van der Waals surface area contributed by atoms with Gasteiger partial charge >= 0.3 is 0 Å². The fraction of sp³-hybridized carbons (Fsp3) is 0.250. The molecule has 1 aromatic carbocycles. The van der Waals surface area contributed by atoms with E-state index >= 15 is 0 Å². The summed E-state index contributed by atoms with van der Waals surface area (Å²) in [6.07, 6.45) is 1.69. The van der Waals surface area contributed by atoms with E-state index in [-0.39, 0.29) is 11.8 Å². The minimum atomic E-state index is -0.174. The van der Waals surface area contributed by atoms with Crippen molar-refractivity contribution in [1.82, 2.24) is 4.98 Å². The maximum absolute atomic E-state index is 12.4. The average Bonchev–Trinajstić information content (AvgIpc) is 2.46. The third-order valence-corrected chi connectivity index (χ3v) is 3.27. The summed E-state index contributed by atoms with van der Waals surface area (Å²) in [6.45, 7) is 3.96. The first kappa shape index (κ1) is 13.3. The number of anilines is 1. The second kappa shape index (κ2) is 5.65. The van der Waals surface area contributed by atoms with Crippen molar-refractivity contribution in [2.45, 2.75) is 19.8 Å². The van der Waals surface area contributed by atoms with Crippen molar-refractivity contribution in [3.8, 4) is 0 Å². The lowest BCUT2D eigenvalue weighted by molar-refractivity contribution is -0.119. The van der Waals surface area contributed by atoms with Crippen molar-refractivity contribution in [1.29, 1.82) is 0 Å². The predicted molar refractivity (Wildman–Crippen MR) is 77.2 cm³/mol. The Morgan fingerprint density at radius 1 is 1.16 bits per heavy atom. The summed E-state index contributed by atoms with van der Waals surface area (Å²) in [5.41, 5.74) is 2.22. The minimum Gasteiger partial charge on any atom is -0.299 e. The lowest BCUT2D eigenvalue weighted by Gasteiger charge is -2.20. The molecule has 0 saturated carbocycles. The van der Waals surface area contributed by atoms with Crippen LogP contribution < -0.4 is 4.90 Å². The zero-order valence-corrected chi connectivity index (χ0v) is 11.5. The van der Waals surface area contributed by atoms with Crippen molar-refractivity contribution in [2.75, 3.05) is 11.9 Å². The van der Waals surface area contributed by atoms with Crippen LogP contribution in [0.25, 0.3) is 0 Å². The third kappa shape index (κ3) is 2.99. The Bertz CT molecular complexity index is 549. The van der Waals surface area contributed by atoms with Crippen molar-refractivity contribution in [2.24, 2.45) is 0 Å². The molecule has 1 aromatic heterocycles. The molecule has 3 nitrogen and oxygen atoms in total. The molecule has 0 bridgehead atoms. The molecule has 3 heteroatoms. The van der Waals surface area contributed by atoms with Gasteiger partial charge in [-0.05, 0) is 31.5 Å². The average molecular weight is 254 g/mol. The molecule has 19 heavy (non-hydrogen) atoms. The number of carbonyl (C=O) groups is 1. The summed E-state index contributed by atoms with van der Waals surface area (Å²) in [5.74, 6) is 0.543. The molecule has 0 fully saturated rings. The van der Waals surface area contributed by atoms with Gasteiger partial charge in [0.25, 0.3) is 0 Å². The molecule has 0 radical (unpaired) electrons. The van der Waals surface area contributed by atoms with Crippen LogP contribution in [0.15, 0.2) is 48.7 Å². The highest BCUT2D eigenvalue weighted by Crippen LogP contribution is 2.20. The van der Waals surface area contributed by atoms with Crippen LogP contribution in [0, 0.1) is 6.92 Å². The van der Waals surface area contributed by atoms with Crippen LogP contribution in [-0.4, -0.2) is 17.9 Å². The Labute approximate surface area is 113 Å². The topological polar surface area (TPSA) is 33.2 Å². The number of nitrogens with zero attached hydrogens (tertiary/aromatic N) is 2. The van der Waals surface area contributed by atoms with Gasteiger partial charge in [0.2, 0.25) is 5.91 Å². The third-order valence-electron chi connectivity index (χ3n) is 3.27. The van der Waals surface area contributed by atoms with E-state index in [1.165, 1.54) is 5.56 Å². The second-order valence-corrected chi connectivity index (χ2v) is 4.72. The second-order valence-electron chi connectivity index (χ2n) is 4.72. The molecule has 2 aromatic rings. The molecule has 2 rings (SSSR count). The number of aromatic nitrogens is 1. The van der Waals surface area contributed by atoms with Crippen LogP contribution in [0.1, 0.15) is 24.0 Å². The van der Waals surface area contributed by atoms with Crippen molar-refractivity contribution >= 4 is 11.7 Å². The summed E-state index contributed by atoms with van der Waals surface area (Å²) in [4.78, 5) is 18.2. The van der Waals surface area contributed by atoms with Gasteiger partial charge in [0.15, 0.2) is 0 Å². The zero-order valence-electron chi connectivity index (χ0n) is 11.5. The summed E-state index contributed by atoms with van der Waals surface area (Å²) in [6, 6.07) is 13.6. The first-order chi connectivity index (χ1) is 9.09. The number of likely N-dealkylation sites (N-methyl/N-ethyl adjacent to an activating group) is 1. The van der Waals surface area contributed by atoms with E-state index in [4.69, 9.17) is 0 Å². The highest BCUT2D eigenvalue weighted by Gasteiger charge is 2.20. The normalized spacial score (nSPS) is 11.9. The zero-order chi connectivity index (χ0) is 13.8. The van der Waals surface area contributed by atoms with Gasteiger partial charge in [-0.1, -0.05) is 35.9 Å². The molecule has 1 amide bonds. The van der Waals surface area contributed by atoms with Gasteiger partial charge in [0, 0.05) is 13.2 Å². The largest absolute Gasteiger partial charge is 0.299 e. The van der Waals surface area contributed by atoms with Crippen molar-refractivity contribution in [3.63, 3.8) is 0 Å². The Morgan fingerprint density at radius 2 is 1.84 bits per heavy atom. The molecule has 1 unspecified atom stereocenters. The van der Waals surface area contributed by atoms with Gasteiger partial charge in [0.05, 0.1) is 5.92 Å². The SMILES string of the molecule is Cc1ccc(C(C)C(=O)N(C)c2ccccn2)cc1. The number of pyridine rings is 1. The molecular formula is C16H18N2O. The predicted octanol–water partition coefficient (Wildman–Crippen LogP) is 3.16. The van der Waals surface area contributed by atoms with Gasteiger partial charge in [-0.2, -0.15) is 0 Å². The van der Waals surface area contributed by atoms with Crippen LogP contribution in [0.3, 0.4) is 0 Å². The summed E-state index contributed by atoms with van der Waals surface area (Å²) < 4.78 is 0. The van der Waals surface area contributed by atoms with Crippen molar-refractivity contribution < 1.29 is 4.79 Å². The van der Waals surface area contributed by atoms with E-state index in [0.29, 0.717) is 5.82 Å². The molecule has 0 aliphatic heterocycles. The Hall–Kier alpha value is -2.16. The van der Waals surface area contributed by atoms with E-state index in [2.05, 4.69) is 4.98 Å². The van der Waals surface area contributed by atoms with E-state index in [0.717, 1.165) is 5.56 Å². The number of rotatable bonds is 3. The summed E-state index contributed by atoms with van der Waals surface area (Å²) in [7, 11) is 1.76. The lowest BCUT2D eigenvalue weighted by Crippen LogP contribution is -2.31. The quantitative estimate of drug-likeness (QED) is 0.843. The molecule has 1 heterocycles. The van der Waals surface area contributed by atoms with Gasteiger partial charge in [-0.15, -0.1) is 0 Å². The maximum Gasteiger partial charge on any atom is 0.235 e. The maximum atomic E-state index is 12.4. The van der Waals surface area contributed by atoms with Crippen molar-refractivity contribution in [3.05, 3.63) is 59.8 Å². The smallest absolute Gasteiger partial charge is 0.235 e. The van der Waals surface area contributed by atoms with Crippen LogP contribution in [0.5, 0.6) is 0 Å². The molecule has 1 atom stereocenters. The van der Waals surface area contributed by atoms with Gasteiger partial charge in [-0.3, -0.25) is 9.69 Å². The Kier molecular flexibility index (Phi) is 3.95. The van der Waals surface area contributed by atoms with Crippen LogP contribution in [-0.2, 0) is 4.79 Å². The van der Waals surface area contributed by atoms with E-state index in [9.17, 15) is 4.79 Å². The van der Waals surface area contributed by atoms with E-state index < -0.39 is 0 Å². The molecule has 0 saturated heterocycles. The number of amides is 1.